The highest BCUT2D eigenvalue weighted by Gasteiger charge is 2.23. The highest BCUT2D eigenvalue weighted by atomic mass is 32.1. The molecule has 0 fully saturated rings. The van der Waals surface area contributed by atoms with Crippen LogP contribution in [0.15, 0.2) is 41.8 Å². The smallest absolute Gasteiger partial charge is 0.358 e. The summed E-state index contributed by atoms with van der Waals surface area (Å²) in [4.78, 5) is 41.6. The number of ketones is 1. The number of thiazole rings is 1. The predicted molar refractivity (Wildman–Crippen MR) is 115 cm³/mol. The summed E-state index contributed by atoms with van der Waals surface area (Å²) in [5.74, 6) is -0.359. The average Bonchev–Trinajstić information content (AvgIpc) is 3.41. The first-order valence-electron chi connectivity index (χ1n) is 9.05. The van der Waals surface area contributed by atoms with Gasteiger partial charge in [0.1, 0.15) is 10.8 Å². The number of esters is 1. The highest BCUT2D eigenvalue weighted by molar-refractivity contribution is 7.14. The second-order valence-corrected chi connectivity index (χ2v) is 8.38. The first-order chi connectivity index (χ1) is 14.4. The molecule has 30 heavy (non-hydrogen) atoms. The van der Waals surface area contributed by atoms with Gasteiger partial charge in [0.15, 0.2) is 11.8 Å². The number of hydrogen-bond donors (Lipinski definition) is 1. The van der Waals surface area contributed by atoms with Crippen molar-refractivity contribution in [2.45, 2.75) is 26.5 Å². The summed E-state index contributed by atoms with van der Waals surface area (Å²) in [5, 5.41) is 4.96. The van der Waals surface area contributed by atoms with Crippen LogP contribution in [0.1, 0.15) is 38.9 Å². The summed E-state index contributed by atoms with van der Waals surface area (Å²) >= 11 is 2.58. The van der Waals surface area contributed by atoms with Crippen LogP contribution in [0.5, 0.6) is 5.75 Å². The Labute approximate surface area is 181 Å². The van der Waals surface area contributed by atoms with E-state index in [9.17, 15) is 14.4 Å². The number of hydrogen-bond acceptors (Lipinski definition) is 8. The van der Waals surface area contributed by atoms with Crippen molar-refractivity contribution in [3.05, 3.63) is 57.2 Å². The maximum Gasteiger partial charge on any atom is 0.358 e. The Morgan fingerprint density at radius 1 is 1.13 bits per heavy atom. The number of rotatable bonds is 8. The van der Waals surface area contributed by atoms with Crippen LogP contribution in [0, 0.1) is 0 Å². The van der Waals surface area contributed by atoms with Crippen molar-refractivity contribution in [2.75, 3.05) is 7.11 Å². The van der Waals surface area contributed by atoms with Crippen LogP contribution in [0.4, 0.5) is 0 Å². The first kappa shape index (κ1) is 21.7. The van der Waals surface area contributed by atoms with Gasteiger partial charge in [0, 0.05) is 22.7 Å². The Balaban J connectivity index is 1.62. The standard InChI is InChI=1S/C21H20N2O5S2/c1-12(19(25)18-9-8-16(30-18)10-22-13(2)24)28-21(26)17-11-29-20(23-17)14-4-6-15(27-3)7-5-14/h4-9,11-12H,10H2,1-3H3,(H,22,24). The minimum atomic E-state index is -0.948. The van der Waals surface area contributed by atoms with E-state index in [-0.39, 0.29) is 17.4 Å². The third-order valence-corrected chi connectivity index (χ3v) is 6.11. The molecular weight excluding hydrogens is 424 g/mol. The fourth-order valence-corrected chi connectivity index (χ4v) is 4.29. The third kappa shape index (κ3) is 5.31. The van der Waals surface area contributed by atoms with Crippen LogP contribution in [0.2, 0.25) is 0 Å². The summed E-state index contributed by atoms with van der Waals surface area (Å²) < 4.78 is 10.5. The maximum absolute atomic E-state index is 12.6. The lowest BCUT2D eigenvalue weighted by atomic mass is 10.2. The van der Waals surface area contributed by atoms with Gasteiger partial charge in [-0.2, -0.15) is 0 Å². The zero-order chi connectivity index (χ0) is 21.7. The molecule has 2 heterocycles. The molecule has 3 aromatic rings. The average molecular weight is 445 g/mol. The van der Waals surface area contributed by atoms with E-state index >= 15 is 0 Å². The van der Waals surface area contributed by atoms with Crippen LogP contribution in [-0.4, -0.2) is 35.9 Å². The summed E-state index contributed by atoms with van der Waals surface area (Å²) in [6, 6.07) is 10.8. The molecule has 0 saturated heterocycles. The van der Waals surface area contributed by atoms with Crippen molar-refractivity contribution in [1.29, 1.82) is 0 Å². The summed E-state index contributed by atoms with van der Waals surface area (Å²) in [5.41, 5.74) is 1.01. The molecule has 1 atom stereocenters. The van der Waals surface area contributed by atoms with Gasteiger partial charge in [-0.25, -0.2) is 9.78 Å². The lowest BCUT2D eigenvalue weighted by Crippen LogP contribution is -2.24. The number of amides is 1. The third-order valence-electron chi connectivity index (χ3n) is 4.12. The monoisotopic (exact) mass is 444 g/mol. The van der Waals surface area contributed by atoms with Crippen molar-refractivity contribution in [2.24, 2.45) is 0 Å². The number of benzene rings is 1. The molecule has 0 aliphatic carbocycles. The van der Waals surface area contributed by atoms with Gasteiger partial charge in [-0.1, -0.05) is 0 Å². The van der Waals surface area contributed by atoms with Crippen LogP contribution < -0.4 is 10.1 Å². The Morgan fingerprint density at radius 3 is 2.53 bits per heavy atom. The van der Waals surface area contributed by atoms with Gasteiger partial charge in [0.2, 0.25) is 11.7 Å². The van der Waals surface area contributed by atoms with Crippen LogP contribution in [0.3, 0.4) is 0 Å². The number of methoxy groups -OCH3 is 1. The van der Waals surface area contributed by atoms with Crippen molar-refractivity contribution in [1.82, 2.24) is 10.3 Å². The fourth-order valence-electron chi connectivity index (χ4n) is 2.53. The minimum absolute atomic E-state index is 0.143. The maximum atomic E-state index is 12.6. The molecule has 0 aliphatic heterocycles. The summed E-state index contributed by atoms with van der Waals surface area (Å²) in [6.45, 7) is 3.32. The molecule has 0 spiro atoms. The molecule has 0 saturated carbocycles. The minimum Gasteiger partial charge on any atom is -0.497 e. The number of carbonyl (C=O) groups excluding carboxylic acids is 3. The molecule has 156 valence electrons. The normalized spacial score (nSPS) is 11.6. The number of nitrogens with zero attached hydrogens (tertiary/aromatic N) is 1. The van der Waals surface area contributed by atoms with Crippen molar-refractivity contribution in [3.63, 3.8) is 0 Å². The molecular formula is C21H20N2O5S2. The molecule has 1 N–H and O–H groups in total. The van der Waals surface area contributed by atoms with Gasteiger partial charge in [0.25, 0.3) is 0 Å². The number of nitrogens with one attached hydrogen (secondary N) is 1. The van der Waals surface area contributed by atoms with Crippen LogP contribution >= 0.6 is 22.7 Å². The predicted octanol–water partition coefficient (Wildman–Crippen LogP) is 3.94. The van der Waals surface area contributed by atoms with E-state index in [1.165, 1.54) is 36.5 Å². The van der Waals surface area contributed by atoms with Gasteiger partial charge in [-0.15, -0.1) is 22.7 Å². The van der Waals surface area contributed by atoms with Crippen molar-refractivity contribution < 1.29 is 23.9 Å². The van der Waals surface area contributed by atoms with E-state index in [0.29, 0.717) is 16.4 Å². The van der Waals surface area contributed by atoms with E-state index < -0.39 is 12.1 Å². The first-order valence-corrected chi connectivity index (χ1v) is 10.7. The second kappa shape index (κ2) is 9.64. The molecule has 0 bridgehead atoms. The highest BCUT2D eigenvalue weighted by Crippen LogP contribution is 2.26. The van der Waals surface area contributed by atoms with Gasteiger partial charge < -0.3 is 14.8 Å². The van der Waals surface area contributed by atoms with Crippen molar-refractivity contribution >= 4 is 40.3 Å². The fraction of sp³-hybridized carbons (Fsp3) is 0.238. The van der Waals surface area contributed by atoms with Gasteiger partial charge in [-0.3, -0.25) is 9.59 Å². The number of thiophene rings is 1. The van der Waals surface area contributed by atoms with E-state index in [2.05, 4.69) is 10.3 Å². The SMILES string of the molecule is COc1ccc(-c2nc(C(=O)OC(C)C(=O)c3ccc(CNC(C)=O)s3)cs2)cc1. The van der Waals surface area contributed by atoms with E-state index in [1.54, 1.807) is 24.6 Å². The molecule has 7 nitrogen and oxygen atoms in total. The quantitative estimate of drug-likeness (QED) is 0.418. The molecule has 1 unspecified atom stereocenters. The Morgan fingerprint density at radius 2 is 1.87 bits per heavy atom. The molecule has 3 rings (SSSR count). The van der Waals surface area contributed by atoms with Gasteiger partial charge in [-0.05, 0) is 43.3 Å². The Hall–Kier alpha value is -3.04. The number of ether oxygens (including phenoxy) is 2. The second-order valence-electron chi connectivity index (χ2n) is 6.35. The molecule has 1 aromatic carbocycles. The lowest BCUT2D eigenvalue weighted by Gasteiger charge is -2.10. The van der Waals surface area contributed by atoms with Gasteiger partial charge >= 0.3 is 5.97 Å². The Bertz CT molecular complexity index is 1060. The molecule has 1 amide bonds. The number of carbonyl (C=O) groups is 3. The van der Waals surface area contributed by atoms with E-state index in [0.717, 1.165) is 16.2 Å². The van der Waals surface area contributed by atoms with Crippen LogP contribution in [-0.2, 0) is 16.1 Å². The van der Waals surface area contributed by atoms with Gasteiger partial charge in [0.05, 0.1) is 18.5 Å². The largest absolute Gasteiger partial charge is 0.497 e. The van der Waals surface area contributed by atoms with Crippen molar-refractivity contribution in [3.8, 4) is 16.3 Å². The summed E-state index contributed by atoms with van der Waals surface area (Å²) in [7, 11) is 1.59. The summed E-state index contributed by atoms with van der Waals surface area (Å²) in [6.07, 6.45) is -0.948. The molecule has 0 aliphatic rings. The topological polar surface area (TPSA) is 94.6 Å². The zero-order valence-electron chi connectivity index (χ0n) is 16.6. The van der Waals surface area contributed by atoms with E-state index in [1.807, 2.05) is 24.3 Å². The van der Waals surface area contributed by atoms with Crippen LogP contribution in [0.25, 0.3) is 10.6 Å². The molecule has 2 aromatic heterocycles. The zero-order valence-corrected chi connectivity index (χ0v) is 18.3. The molecule has 0 radical (unpaired) electrons. The molecule has 9 heteroatoms. The number of Topliss-reactive ketones (excluding diaryl/α,β-unsaturated/α-hetero) is 1. The van der Waals surface area contributed by atoms with E-state index in [4.69, 9.17) is 9.47 Å². The number of aromatic nitrogens is 1. The Kier molecular flexibility index (Phi) is 6.96. The lowest BCUT2D eigenvalue weighted by molar-refractivity contribution is -0.119.